The van der Waals surface area contributed by atoms with Crippen molar-refractivity contribution < 1.29 is 13.5 Å². The summed E-state index contributed by atoms with van der Waals surface area (Å²) in [5.74, 6) is -0.627. The Hall–Kier alpha value is -1.16. The SMILES string of the molecule is COc1c(F)ccc(F)c1[C@H]1C[C@@H]1CN. The van der Waals surface area contributed by atoms with Gasteiger partial charge in [-0.25, -0.2) is 8.78 Å². The van der Waals surface area contributed by atoms with Gasteiger partial charge in [0.1, 0.15) is 5.82 Å². The number of rotatable bonds is 3. The average Bonchev–Trinajstić information content (AvgIpc) is 3.00. The minimum Gasteiger partial charge on any atom is -0.493 e. The quantitative estimate of drug-likeness (QED) is 0.833. The zero-order valence-corrected chi connectivity index (χ0v) is 8.47. The zero-order chi connectivity index (χ0) is 11.0. The van der Waals surface area contributed by atoms with E-state index in [0.29, 0.717) is 12.1 Å². The Morgan fingerprint density at radius 3 is 2.60 bits per heavy atom. The van der Waals surface area contributed by atoms with Gasteiger partial charge in [0.05, 0.1) is 7.11 Å². The van der Waals surface area contributed by atoms with Crippen LogP contribution < -0.4 is 10.5 Å². The molecule has 0 radical (unpaired) electrons. The van der Waals surface area contributed by atoms with Crippen LogP contribution >= 0.6 is 0 Å². The van der Waals surface area contributed by atoms with Crippen molar-refractivity contribution in [2.45, 2.75) is 12.3 Å². The van der Waals surface area contributed by atoms with Gasteiger partial charge in [-0.2, -0.15) is 0 Å². The second-order valence-corrected chi connectivity index (χ2v) is 3.81. The van der Waals surface area contributed by atoms with E-state index < -0.39 is 11.6 Å². The van der Waals surface area contributed by atoms with Crippen LogP contribution in [0.3, 0.4) is 0 Å². The van der Waals surface area contributed by atoms with E-state index in [-0.39, 0.29) is 17.6 Å². The number of hydrogen-bond donors (Lipinski definition) is 1. The van der Waals surface area contributed by atoms with Crippen LogP contribution in [0.1, 0.15) is 17.9 Å². The van der Waals surface area contributed by atoms with Gasteiger partial charge in [-0.15, -0.1) is 0 Å². The Labute approximate surface area is 87.0 Å². The molecule has 2 N–H and O–H groups in total. The number of hydrogen-bond acceptors (Lipinski definition) is 2. The van der Waals surface area contributed by atoms with Gasteiger partial charge in [0, 0.05) is 5.56 Å². The number of ether oxygens (including phenoxy) is 1. The normalized spacial score (nSPS) is 24.0. The van der Waals surface area contributed by atoms with Gasteiger partial charge in [-0.3, -0.25) is 0 Å². The van der Waals surface area contributed by atoms with Crippen molar-refractivity contribution in [3.05, 3.63) is 29.3 Å². The predicted molar refractivity (Wildman–Crippen MR) is 52.8 cm³/mol. The average molecular weight is 213 g/mol. The largest absolute Gasteiger partial charge is 0.493 e. The molecule has 0 heterocycles. The molecule has 2 nitrogen and oxygen atoms in total. The topological polar surface area (TPSA) is 35.2 Å². The van der Waals surface area contributed by atoms with Gasteiger partial charge in [-0.05, 0) is 36.9 Å². The highest BCUT2D eigenvalue weighted by molar-refractivity contribution is 5.42. The molecule has 1 aromatic rings. The van der Waals surface area contributed by atoms with Crippen LogP contribution in [-0.2, 0) is 0 Å². The fourth-order valence-corrected chi connectivity index (χ4v) is 1.96. The maximum Gasteiger partial charge on any atom is 0.165 e. The van der Waals surface area contributed by atoms with Crippen molar-refractivity contribution in [2.24, 2.45) is 11.7 Å². The summed E-state index contributed by atoms with van der Waals surface area (Å²) in [5.41, 5.74) is 5.82. The molecule has 0 aromatic heterocycles. The molecule has 1 fully saturated rings. The van der Waals surface area contributed by atoms with Crippen LogP contribution in [0.25, 0.3) is 0 Å². The first-order valence-electron chi connectivity index (χ1n) is 4.91. The Balaban J connectivity index is 2.40. The molecule has 1 saturated carbocycles. The molecular weight excluding hydrogens is 200 g/mol. The van der Waals surface area contributed by atoms with E-state index in [1.807, 2.05) is 0 Å². The van der Waals surface area contributed by atoms with E-state index in [0.717, 1.165) is 18.6 Å². The van der Waals surface area contributed by atoms with Crippen LogP contribution in [0.2, 0.25) is 0 Å². The van der Waals surface area contributed by atoms with E-state index in [9.17, 15) is 8.78 Å². The summed E-state index contributed by atoms with van der Waals surface area (Å²) in [4.78, 5) is 0. The maximum atomic E-state index is 13.5. The predicted octanol–water partition coefficient (Wildman–Crippen LogP) is 2.04. The van der Waals surface area contributed by atoms with Crippen molar-refractivity contribution in [1.82, 2.24) is 0 Å². The number of nitrogens with two attached hydrogens (primary N) is 1. The van der Waals surface area contributed by atoms with Crippen LogP contribution in [0.15, 0.2) is 12.1 Å². The number of halogens is 2. The molecule has 4 heteroatoms. The number of benzene rings is 1. The lowest BCUT2D eigenvalue weighted by atomic mass is 10.1. The minimum atomic E-state index is -0.517. The third-order valence-corrected chi connectivity index (χ3v) is 2.90. The third-order valence-electron chi connectivity index (χ3n) is 2.90. The van der Waals surface area contributed by atoms with E-state index in [1.54, 1.807) is 0 Å². The molecule has 15 heavy (non-hydrogen) atoms. The van der Waals surface area contributed by atoms with Gasteiger partial charge >= 0.3 is 0 Å². The first kappa shape index (κ1) is 10.4. The molecule has 1 aromatic carbocycles. The number of methoxy groups -OCH3 is 1. The van der Waals surface area contributed by atoms with E-state index in [4.69, 9.17) is 10.5 Å². The Morgan fingerprint density at radius 2 is 2.07 bits per heavy atom. The Kier molecular flexibility index (Phi) is 2.61. The highest BCUT2D eigenvalue weighted by atomic mass is 19.1. The minimum absolute atomic E-state index is 0.0145. The zero-order valence-electron chi connectivity index (χ0n) is 8.47. The van der Waals surface area contributed by atoms with E-state index in [2.05, 4.69) is 0 Å². The maximum absolute atomic E-state index is 13.5. The van der Waals surface area contributed by atoms with Crippen molar-refractivity contribution in [2.75, 3.05) is 13.7 Å². The molecule has 2 rings (SSSR count). The van der Waals surface area contributed by atoms with Gasteiger partial charge in [-0.1, -0.05) is 0 Å². The van der Waals surface area contributed by atoms with Crippen molar-refractivity contribution in [3.63, 3.8) is 0 Å². The summed E-state index contributed by atoms with van der Waals surface area (Å²) < 4.78 is 31.8. The van der Waals surface area contributed by atoms with E-state index >= 15 is 0 Å². The summed E-state index contributed by atoms with van der Waals surface area (Å²) in [5, 5.41) is 0. The van der Waals surface area contributed by atoms with Crippen LogP contribution in [0, 0.1) is 17.6 Å². The van der Waals surface area contributed by atoms with Crippen molar-refractivity contribution >= 4 is 0 Å². The standard InChI is InChI=1S/C11H13F2NO/c1-15-11-9(13)3-2-8(12)10(11)7-4-6(7)5-14/h2-3,6-7H,4-5,14H2,1H3/t6-,7+/m1/s1. The third kappa shape index (κ3) is 1.69. The molecule has 0 unspecified atom stereocenters. The lowest BCUT2D eigenvalue weighted by Crippen LogP contribution is -2.04. The highest BCUT2D eigenvalue weighted by Gasteiger charge is 2.41. The lowest BCUT2D eigenvalue weighted by Gasteiger charge is -2.09. The van der Waals surface area contributed by atoms with Gasteiger partial charge in [0.25, 0.3) is 0 Å². The molecule has 0 aliphatic heterocycles. The molecule has 1 aliphatic rings. The lowest BCUT2D eigenvalue weighted by molar-refractivity contribution is 0.375. The second kappa shape index (κ2) is 3.77. The molecule has 0 saturated heterocycles. The van der Waals surface area contributed by atoms with Gasteiger partial charge in [0.2, 0.25) is 0 Å². The molecule has 0 bridgehead atoms. The monoisotopic (exact) mass is 213 g/mol. The van der Waals surface area contributed by atoms with Crippen LogP contribution in [0.5, 0.6) is 5.75 Å². The van der Waals surface area contributed by atoms with Gasteiger partial charge < -0.3 is 10.5 Å². The van der Waals surface area contributed by atoms with Crippen molar-refractivity contribution in [3.8, 4) is 5.75 Å². The van der Waals surface area contributed by atoms with Crippen molar-refractivity contribution in [1.29, 1.82) is 0 Å². The molecule has 2 atom stereocenters. The van der Waals surface area contributed by atoms with E-state index in [1.165, 1.54) is 7.11 Å². The fourth-order valence-electron chi connectivity index (χ4n) is 1.96. The fraction of sp³-hybridized carbons (Fsp3) is 0.455. The Morgan fingerprint density at radius 1 is 1.40 bits per heavy atom. The molecule has 0 amide bonds. The summed E-state index contributed by atoms with van der Waals surface area (Å²) in [6.45, 7) is 0.504. The Bertz CT molecular complexity index is 381. The first-order valence-corrected chi connectivity index (χ1v) is 4.91. The summed E-state index contributed by atoms with van der Waals surface area (Å²) in [6.07, 6.45) is 0.813. The van der Waals surface area contributed by atoms with Crippen LogP contribution in [0.4, 0.5) is 8.78 Å². The molecule has 0 spiro atoms. The second-order valence-electron chi connectivity index (χ2n) is 3.81. The highest BCUT2D eigenvalue weighted by Crippen LogP contribution is 2.51. The summed E-state index contributed by atoms with van der Waals surface area (Å²) in [7, 11) is 1.35. The smallest absolute Gasteiger partial charge is 0.165 e. The molecule has 1 aliphatic carbocycles. The van der Waals surface area contributed by atoms with Gasteiger partial charge in [0.15, 0.2) is 11.6 Å². The molecule has 82 valence electrons. The summed E-state index contributed by atoms with van der Waals surface area (Å²) >= 11 is 0. The first-order chi connectivity index (χ1) is 7.19. The summed E-state index contributed by atoms with van der Waals surface area (Å²) in [6, 6.07) is 2.22. The van der Waals surface area contributed by atoms with Crippen LogP contribution in [-0.4, -0.2) is 13.7 Å². The molecular formula is C11H13F2NO.